The molecule has 0 radical (unpaired) electrons. The molecule has 1 fully saturated rings. The van der Waals surface area contributed by atoms with Gasteiger partial charge in [-0.3, -0.25) is 4.90 Å². The average molecular weight is 342 g/mol. The number of likely N-dealkylation sites (tertiary alicyclic amines) is 1. The summed E-state index contributed by atoms with van der Waals surface area (Å²) < 4.78 is 12.5. The molecule has 1 aliphatic heterocycles. The number of aryl methyl sites for hydroxylation is 2. The summed E-state index contributed by atoms with van der Waals surface area (Å²) in [5.41, 5.74) is 0.832. The van der Waals surface area contributed by atoms with Crippen LogP contribution in [0, 0.1) is 13.8 Å². The first-order valence-electron chi connectivity index (χ1n) is 8.66. The Morgan fingerprint density at radius 2 is 2.16 bits per heavy atom. The number of hydrogen-bond acceptors (Lipinski definition) is 7. The largest absolute Gasteiger partial charge is 0.472 e. The zero-order valence-corrected chi connectivity index (χ0v) is 14.6. The smallest absolute Gasteiger partial charge is 0.241 e. The Labute approximate surface area is 145 Å². The van der Waals surface area contributed by atoms with Gasteiger partial charge in [-0.05, 0) is 39.3 Å². The highest BCUT2D eigenvalue weighted by Crippen LogP contribution is 2.22. The summed E-state index contributed by atoms with van der Waals surface area (Å²) >= 11 is 0. The molecule has 0 unspecified atom stereocenters. The molecule has 4 heterocycles. The van der Waals surface area contributed by atoms with E-state index in [0.717, 1.165) is 36.7 Å². The number of aromatic nitrogens is 5. The van der Waals surface area contributed by atoms with E-state index in [1.165, 1.54) is 12.8 Å². The van der Waals surface area contributed by atoms with Crippen LogP contribution in [0.3, 0.4) is 0 Å². The topological polar surface area (TPSA) is 86.0 Å². The van der Waals surface area contributed by atoms with Crippen LogP contribution in [0.25, 0.3) is 11.4 Å². The first-order valence-corrected chi connectivity index (χ1v) is 8.66. The van der Waals surface area contributed by atoms with Crippen molar-refractivity contribution in [3.8, 4) is 11.4 Å². The molecule has 0 amide bonds. The van der Waals surface area contributed by atoms with Gasteiger partial charge in [0, 0.05) is 6.04 Å². The molecule has 0 aliphatic carbocycles. The zero-order chi connectivity index (χ0) is 17.2. The quantitative estimate of drug-likeness (QED) is 0.704. The maximum Gasteiger partial charge on any atom is 0.241 e. The predicted molar refractivity (Wildman–Crippen MR) is 89.5 cm³/mol. The fraction of sp³-hybridized carbons (Fsp3) is 0.529. The molecule has 1 atom stereocenters. The van der Waals surface area contributed by atoms with Gasteiger partial charge in [0.15, 0.2) is 0 Å². The molecule has 0 bridgehead atoms. The summed E-state index contributed by atoms with van der Waals surface area (Å²) in [6.45, 7) is 6.46. The van der Waals surface area contributed by atoms with E-state index in [1.54, 1.807) is 12.5 Å². The Kier molecular flexibility index (Phi) is 4.35. The van der Waals surface area contributed by atoms with Gasteiger partial charge in [0.05, 0.1) is 24.9 Å². The third kappa shape index (κ3) is 3.48. The van der Waals surface area contributed by atoms with Crippen LogP contribution in [0.4, 0.5) is 0 Å². The van der Waals surface area contributed by atoms with Gasteiger partial charge in [-0.1, -0.05) is 11.6 Å². The van der Waals surface area contributed by atoms with Crippen molar-refractivity contribution in [2.45, 2.75) is 52.2 Å². The molecule has 1 saturated heterocycles. The molecule has 25 heavy (non-hydrogen) atoms. The lowest BCUT2D eigenvalue weighted by atomic mass is 10.0. The lowest BCUT2D eigenvalue weighted by Crippen LogP contribution is -2.42. The highest BCUT2D eigenvalue weighted by Gasteiger charge is 2.26. The Bertz CT molecular complexity index is 822. The van der Waals surface area contributed by atoms with Gasteiger partial charge in [-0.2, -0.15) is 10.1 Å². The second-order valence-corrected chi connectivity index (χ2v) is 6.53. The van der Waals surface area contributed by atoms with Crippen molar-refractivity contribution in [2.24, 2.45) is 0 Å². The summed E-state index contributed by atoms with van der Waals surface area (Å²) in [7, 11) is 0. The number of nitrogens with zero attached hydrogens (tertiary/aromatic N) is 6. The molecule has 132 valence electrons. The van der Waals surface area contributed by atoms with Crippen LogP contribution in [-0.4, -0.2) is 42.4 Å². The van der Waals surface area contributed by atoms with E-state index in [2.05, 4.69) is 25.1 Å². The molecular weight excluding hydrogens is 320 g/mol. The van der Waals surface area contributed by atoms with E-state index >= 15 is 0 Å². The van der Waals surface area contributed by atoms with Crippen molar-refractivity contribution in [2.75, 3.05) is 6.54 Å². The van der Waals surface area contributed by atoms with E-state index in [9.17, 15) is 0 Å². The third-order valence-electron chi connectivity index (χ3n) is 4.68. The van der Waals surface area contributed by atoms with Crippen molar-refractivity contribution in [3.63, 3.8) is 0 Å². The van der Waals surface area contributed by atoms with Crippen LogP contribution in [0.1, 0.15) is 36.8 Å². The maximum absolute atomic E-state index is 5.44. The summed E-state index contributed by atoms with van der Waals surface area (Å²) in [6, 6.07) is 2.23. The number of rotatable bonds is 5. The van der Waals surface area contributed by atoms with Crippen molar-refractivity contribution < 1.29 is 8.94 Å². The Morgan fingerprint density at radius 3 is 2.92 bits per heavy atom. The molecule has 3 aromatic heterocycles. The van der Waals surface area contributed by atoms with Crippen molar-refractivity contribution in [3.05, 3.63) is 36.1 Å². The first kappa shape index (κ1) is 16.0. The Balaban J connectivity index is 1.47. The fourth-order valence-electron chi connectivity index (χ4n) is 3.41. The monoisotopic (exact) mass is 342 g/mol. The molecule has 3 aromatic rings. The van der Waals surface area contributed by atoms with Gasteiger partial charge in [0.25, 0.3) is 0 Å². The Morgan fingerprint density at radius 1 is 1.24 bits per heavy atom. The van der Waals surface area contributed by atoms with E-state index in [0.29, 0.717) is 24.3 Å². The zero-order valence-electron chi connectivity index (χ0n) is 14.6. The van der Waals surface area contributed by atoms with E-state index < -0.39 is 0 Å². The van der Waals surface area contributed by atoms with Crippen LogP contribution in [0.2, 0.25) is 0 Å². The maximum atomic E-state index is 5.44. The number of piperidine rings is 1. The molecule has 0 spiro atoms. The van der Waals surface area contributed by atoms with Gasteiger partial charge in [0.1, 0.15) is 17.9 Å². The minimum absolute atomic E-state index is 0.401. The summed E-state index contributed by atoms with van der Waals surface area (Å²) in [5, 5.41) is 8.55. The minimum atomic E-state index is 0.401. The van der Waals surface area contributed by atoms with E-state index in [1.807, 2.05) is 24.6 Å². The molecule has 0 aromatic carbocycles. The second kappa shape index (κ2) is 6.79. The molecule has 0 N–H and O–H groups in total. The van der Waals surface area contributed by atoms with E-state index in [4.69, 9.17) is 8.94 Å². The lowest BCUT2D eigenvalue weighted by molar-refractivity contribution is 0.107. The summed E-state index contributed by atoms with van der Waals surface area (Å²) in [4.78, 5) is 11.3. The Hall–Kier alpha value is -2.48. The highest BCUT2D eigenvalue weighted by atomic mass is 16.5. The second-order valence-electron chi connectivity index (χ2n) is 6.53. The lowest BCUT2D eigenvalue weighted by Gasteiger charge is -2.34. The van der Waals surface area contributed by atoms with Crippen molar-refractivity contribution >= 4 is 0 Å². The molecule has 4 rings (SSSR count). The predicted octanol–water partition coefficient (Wildman–Crippen LogP) is 2.59. The van der Waals surface area contributed by atoms with Gasteiger partial charge in [-0.15, -0.1) is 0 Å². The first-order chi connectivity index (χ1) is 12.2. The van der Waals surface area contributed by atoms with Gasteiger partial charge >= 0.3 is 0 Å². The summed E-state index contributed by atoms with van der Waals surface area (Å²) in [5.74, 6) is 2.99. The molecule has 8 nitrogen and oxygen atoms in total. The van der Waals surface area contributed by atoms with Crippen LogP contribution in [0.15, 0.2) is 27.5 Å². The van der Waals surface area contributed by atoms with E-state index in [-0.39, 0.29) is 0 Å². The van der Waals surface area contributed by atoms with Gasteiger partial charge in [0.2, 0.25) is 11.7 Å². The van der Waals surface area contributed by atoms with Gasteiger partial charge < -0.3 is 8.94 Å². The third-order valence-corrected chi connectivity index (χ3v) is 4.68. The highest BCUT2D eigenvalue weighted by molar-refractivity contribution is 5.51. The molecule has 1 aliphatic rings. The normalized spacial score (nSPS) is 18.7. The van der Waals surface area contributed by atoms with Crippen LogP contribution in [-0.2, 0) is 13.1 Å². The van der Waals surface area contributed by atoms with Crippen molar-refractivity contribution in [1.29, 1.82) is 0 Å². The van der Waals surface area contributed by atoms with Crippen LogP contribution in [0.5, 0.6) is 0 Å². The summed E-state index contributed by atoms with van der Waals surface area (Å²) in [6.07, 6.45) is 6.79. The molecular formula is C17H22N6O2. The van der Waals surface area contributed by atoms with Crippen LogP contribution >= 0.6 is 0 Å². The number of hydrogen-bond donors (Lipinski definition) is 0. The minimum Gasteiger partial charge on any atom is -0.472 e. The standard InChI is InChI=1S/C17H22N6O2/c1-12-18-13(2)23(20-12)9-15-5-3-4-7-22(15)10-16-19-17(21-25-16)14-6-8-24-11-14/h6,8,11,15H,3-5,7,9-10H2,1-2H3/t15-/m0/s1. The molecule has 0 saturated carbocycles. The molecule has 8 heteroatoms. The average Bonchev–Trinajstić information content (AvgIpc) is 3.31. The van der Waals surface area contributed by atoms with Gasteiger partial charge in [-0.25, -0.2) is 9.67 Å². The van der Waals surface area contributed by atoms with Crippen LogP contribution < -0.4 is 0 Å². The number of furan rings is 1. The SMILES string of the molecule is Cc1nc(C)n(C[C@@H]2CCCCN2Cc2nc(-c3ccoc3)no2)n1. The van der Waals surface area contributed by atoms with Crippen molar-refractivity contribution in [1.82, 2.24) is 29.8 Å². The fourth-order valence-corrected chi connectivity index (χ4v) is 3.41.